The molecule has 0 aromatic heterocycles. The first kappa shape index (κ1) is 19.9. The lowest BCUT2D eigenvalue weighted by Gasteiger charge is -2.44. The van der Waals surface area contributed by atoms with Gasteiger partial charge in [0.15, 0.2) is 0 Å². The summed E-state index contributed by atoms with van der Waals surface area (Å²) in [5.41, 5.74) is 1.05. The first-order valence-electron chi connectivity index (χ1n) is 8.23. The molecule has 1 aliphatic rings. The molecule has 0 amide bonds. The Labute approximate surface area is 149 Å². The summed E-state index contributed by atoms with van der Waals surface area (Å²) in [6.45, 7) is 0.418. The highest BCUT2D eigenvalue weighted by atomic mass is 16.6. The van der Waals surface area contributed by atoms with Crippen LogP contribution in [0.25, 0.3) is 6.08 Å². The first-order valence-corrected chi connectivity index (χ1v) is 8.23. The summed E-state index contributed by atoms with van der Waals surface area (Å²) < 4.78 is 33.5. The summed E-state index contributed by atoms with van der Waals surface area (Å²) in [6.07, 6.45) is 2.67. The fourth-order valence-corrected chi connectivity index (χ4v) is 3.14. The minimum atomic E-state index is -0.280. The van der Waals surface area contributed by atoms with Gasteiger partial charge in [0.2, 0.25) is 0 Å². The number of rotatable bonds is 8. The summed E-state index contributed by atoms with van der Waals surface area (Å²) in [5.74, 6) is 0.823. The van der Waals surface area contributed by atoms with Gasteiger partial charge in [0.25, 0.3) is 0 Å². The van der Waals surface area contributed by atoms with Crippen LogP contribution in [-0.2, 0) is 23.7 Å². The van der Waals surface area contributed by atoms with Gasteiger partial charge in [0.05, 0.1) is 13.7 Å². The van der Waals surface area contributed by atoms with E-state index >= 15 is 0 Å². The smallest absolute Gasteiger partial charge is 0.118 e. The van der Waals surface area contributed by atoms with Crippen molar-refractivity contribution in [3.8, 4) is 5.75 Å². The van der Waals surface area contributed by atoms with E-state index in [0.29, 0.717) is 6.61 Å². The van der Waals surface area contributed by atoms with Gasteiger partial charge >= 0.3 is 0 Å². The molecule has 6 nitrogen and oxygen atoms in total. The summed E-state index contributed by atoms with van der Waals surface area (Å²) >= 11 is 0. The summed E-state index contributed by atoms with van der Waals surface area (Å²) in [5, 5.41) is 0. The first-order chi connectivity index (χ1) is 12.2. The van der Waals surface area contributed by atoms with Crippen LogP contribution in [0.5, 0.6) is 5.75 Å². The third-order valence-electron chi connectivity index (χ3n) is 4.41. The molecule has 6 heteroatoms. The van der Waals surface area contributed by atoms with Crippen LogP contribution in [0.15, 0.2) is 30.3 Å². The minimum Gasteiger partial charge on any atom is -0.497 e. The number of benzene rings is 1. The zero-order valence-corrected chi connectivity index (χ0v) is 15.5. The molecule has 0 saturated carbocycles. The van der Waals surface area contributed by atoms with Crippen molar-refractivity contribution >= 4 is 6.08 Å². The Bertz CT molecular complexity index is 529. The van der Waals surface area contributed by atoms with Gasteiger partial charge < -0.3 is 28.4 Å². The molecule has 0 bridgehead atoms. The highest BCUT2D eigenvalue weighted by molar-refractivity contribution is 5.51. The largest absolute Gasteiger partial charge is 0.497 e. The van der Waals surface area contributed by atoms with Crippen LogP contribution in [0.4, 0.5) is 0 Å². The van der Waals surface area contributed by atoms with E-state index in [1.165, 1.54) is 0 Å². The SMILES string of the molecule is COC[C@H]1O[C@H](/C=C/c2ccc(OC)cc2)[C@@H](OC)[C@@H](OC)[C@@H]1OC. The Balaban J connectivity index is 2.19. The van der Waals surface area contributed by atoms with E-state index in [4.69, 9.17) is 28.4 Å². The van der Waals surface area contributed by atoms with Crippen molar-refractivity contribution in [2.75, 3.05) is 42.2 Å². The van der Waals surface area contributed by atoms with Gasteiger partial charge in [0.1, 0.15) is 36.3 Å². The Kier molecular flexibility index (Phi) is 7.87. The number of methoxy groups -OCH3 is 5. The Hall–Kier alpha value is -1.44. The molecule has 25 heavy (non-hydrogen) atoms. The van der Waals surface area contributed by atoms with Crippen LogP contribution in [0.2, 0.25) is 0 Å². The maximum absolute atomic E-state index is 6.17. The second-order valence-corrected chi connectivity index (χ2v) is 5.83. The fourth-order valence-electron chi connectivity index (χ4n) is 3.14. The van der Waals surface area contributed by atoms with E-state index in [1.54, 1.807) is 35.5 Å². The van der Waals surface area contributed by atoms with Crippen molar-refractivity contribution in [3.63, 3.8) is 0 Å². The molecule has 5 atom stereocenters. The molecule has 1 aliphatic heterocycles. The molecule has 1 saturated heterocycles. The van der Waals surface area contributed by atoms with Gasteiger partial charge in [0, 0.05) is 28.4 Å². The summed E-state index contributed by atoms with van der Waals surface area (Å²) in [4.78, 5) is 0. The molecule has 0 radical (unpaired) electrons. The predicted octanol–water partition coefficient (Wildman–Crippen LogP) is 2.17. The van der Waals surface area contributed by atoms with E-state index < -0.39 is 0 Å². The minimum absolute atomic E-state index is 0.239. The molecule has 2 rings (SSSR count). The predicted molar refractivity (Wildman–Crippen MR) is 95.0 cm³/mol. The maximum Gasteiger partial charge on any atom is 0.118 e. The molecule has 1 aromatic carbocycles. The lowest BCUT2D eigenvalue weighted by atomic mass is 9.94. The molecule has 1 fully saturated rings. The van der Waals surface area contributed by atoms with Crippen molar-refractivity contribution in [1.82, 2.24) is 0 Å². The van der Waals surface area contributed by atoms with E-state index in [1.807, 2.05) is 36.4 Å². The van der Waals surface area contributed by atoms with Crippen LogP contribution in [0.3, 0.4) is 0 Å². The zero-order valence-electron chi connectivity index (χ0n) is 15.5. The standard InChI is InChI=1S/C19H28O6/c1-20-12-16-18(23-4)19(24-5)17(22-3)15(25-16)11-8-13-6-9-14(21-2)10-7-13/h6-11,15-19H,12H2,1-5H3/b11-8+/t15-,16-,17-,18-,19-/m1/s1. The van der Waals surface area contributed by atoms with E-state index in [2.05, 4.69) is 0 Å². The lowest BCUT2D eigenvalue weighted by Crippen LogP contribution is -2.60. The van der Waals surface area contributed by atoms with Crippen molar-refractivity contribution in [2.45, 2.75) is 30.5 Å². The van der Waals surface area contributed by atoms with Gasteiger partial charge in [-0.2, -0.15) is 0 Å². The normalized spacial score (nSPS) is 29.9. The van der Waals surface area contributed by atoms with Crippen LogP contribution < -0.4 is 4.74 Å². The maximum atomic E-state index is 6.17. The second-order valence-electron chi connectivity index (χ2n) is 5.83. The molecule has 0 N–H and O–H groups in total. The molecular weight excluding hydrogens is 324 g/mol. The number of hydrogen-bond acceptors (Lipinski definition) is 6. The van der Waals surface area contributed by atoms with E-state index in [0.717, 1.165) is 11.3 Å². The highest BCUT2D eigenvalue weighted by Crippen LogP contribution is 2.28. The van der Waals surface area contributed by atoms with Crippen LogP contribution in [0.1, 0.15) is 5.56 Å². The number of ether oxygens (including phenoxy) is 6. The van der Waals surface area contributed by atoms with Crippen molar-refractivity contribution < 1.29 is 28.4 Å². The lowest BCUT2D eigenvalue weighted by molar-refractivity contribution is -0.238. The van der Waals surface area contributed by atoms with Gasteiger partial charge in [-0.25, -0.2) is 0 Å². The number of hydrogen-bond donors (Lipinski definition) is 0. The molecule has 0 aliphatic carbocycles. The average molecular weight is 352 g/mol. The third kappa shape index (κ3) is 4.80. The Morgan fingerprint density at radius 2 is 1.52 bits per heavy atom. The van der Waals surface area contributed by atoms with Gasteiger partial charge in [-0.15, -0.1) is 0 Å². The van der Waals surface area contributed by atoms with Gasteiger partial charge in [-0.3, -0.25) is 0 Å². The molecule has 0 unspecified atom stereocenters. The van der Waals surface area contributed by atoms with Crippen LogP contribution >= 0.6 is 0 Å². The van der Waals surface area contributed by atoms with Crippen molar-refractivity contribution in [3.05, 3.63) is 35.9 Å². The third-order valence-corrected chi connectivity index (χ3v) is 4.41. The quantitative estimate of drug-likeness (QED) is 0.715. The summed E-state index contributed by atoms with van der Waals surface area (Å²) in [6, 6.07) is 7.81. The second kappa shape index (κ2) is 9.89. The monoisotopic (exact) mass is 352 g/mol. The molecule has 0 spiro atoms. The molecule has 1 aromatic rings. The van der Waals surface area contributed by atoms with Gasteiger partial charge in [-0.1, -0.05) is 24.3 Å². The molecule has 140 valence electrons. The Morgan fingerprint density at radius 1 is 0.880 bits per heavy atom. The van der Waals surface area contributed by atoms with E-state index in [9.17, 15) is 0 Å². The van der Waals surface area contributed by atoms with Crippen LogP contribution in [0, 0.1) is 0 Å². The fraction of sp³-hybridized carbons (Fsp3) is 0.579. The average Bonchev–Trinajstić information content (AvgIpc) is 2.66. The molecular formula is C19H28O6. The zero-order chi connectivity index (χ0) is 18.2. The molecule has 1 heterocycles. The van der Waals surface area contributed by atoms with Crippen molar-refractivity contribution in [1.29, 1.82) is 0 Å². The topological polar surface area (TPSA) is 55.4 Å². The van der Waals surface area contributed by atoms with E-state index in [-0.39, 0.29) is 30.5 Å². The van der Waals surface area contributed by atoms with Crippen molar-refractivity contribution in [2.24, 2.45) is 0 Å². The van der Waals surface area contributed by atoms with Gasteiger partial charge in [-0.05, 0) is 17.7 Å². The highest BCUT2D eigenvalue weighted by Gasteiger charge is 2.46. The van der Waals surface area contributed by atoms with Crippen LogP contribution in [-0.4, -0.2) is 72.7 Å². The Morgan fingerprint density at radius 3 is 2.04 bits per heavy atom. The summed E-state index contributed by atoms with van der Waals surface area (Å²) in [7, 11) is 8.24.